The number of nitrogens with one attached hydrogen (secondary N) is 1. The summed E-state index contributed by atoms with van der Waals surface area (Å²) in [6.45, 7) is 3.45. The first kappa shape index (κ1) is 14.8. The molecular weight excluding hydrogens is 308 g/mol. The zero-order valence-corrected chi connectivity index (χ0v) is 12.9. The highest BCUT2D eigenvalue weighted by molar-refractivity contribution is 9.10. The van der Waals surface area contributed by atoms with Crippen molar-refractivity contribution < 1.29 is 9.47 Å². The van der Waals surface area contributed by atoms with E-state index in [1.54, 1.807) is 13.3 Å². The Morgan fingerprint density at radius 2 is 2.26 bits per heavy atom. The fourth-order valence-electron chi connectivity index (χ4n) is 2.56. The molecule has 2 heterocycles. The van der Waals surface area contributed by atoms with E-state index in [1.165, 1.54) is 0 Å². The van der Waals surface area contributed by atoms with Gasteiger partial charge < -0.3 is 14.8 Å². The number of ether oxygens (including phenoxy) is 2. The maximum Gasteiger partial charge on any atom is 0.0590 e. The number of hydrogen-bond acceptors (Lipinski definition) is 4. The van der Waals surface area contributed by atoms with Gasteiger partial charge in [-0.05, 0) is 46.7 Å². The van der Waals surface area contributed by atoms with E-state index in [0.29, 0.717) is 0 Å². The van der Waals surface area contributed by atoms with Crippen LogP contribution in [0, 0.1) is 5.41 Å². The van der Waals surface area contributed by atoms with Crippen LogP contribution in [0.2, 0.25) is 0 Å². The third-order valence-corrected chi connectivity index (χ3v) is 4.38. The summed E-state index contributed by atoms with van der Waals surface area (Å²) < 4.78 is 11.9. The van der Waals surface area contributed by atoms with E-state index in [-0.39, 0.29) is 5.41 Å². The number of hydrogen-bond donors (Lipinski definition) is 1. The first-order valence-electron chi connectivity index (χ1n) is 6.66. The standard InChI is InChI=1S/C14H21BrN2O2/c1-18-11-14(4-8-19-9-5-14)3-7-17-13-2-6-16-10-12(13)15/h2,6,10H,3-5,7-9,11H2,1H3,(H,16,17). The molecule has 1 N–H and O–H groups in total. The Morgan fingerprint density at radius 1 is 1.47 bits per heavy atom. The molecule has 0 spiro atoms. The Hall–Kier alpha value is -0.650. The van der Waals surface area contributed by atoms with E-state index in [9.17, 15) is 0 Å². The van der Waals surface area contributed by atoms with Crippen LogP contribution in [-0.4, -0.2) is 38.5 Å². The van der Waals surface area contributed by atoms with Gasteiger partial charge in [-0.3, -0.25) is 4.98 Å². The normalized spacial score (nSPS) is 18.2. The minimum atomic E-state index is 0.263. The van der Waals surface area contributed by atoms with E-state index in [4.69, 9.17) is 9.47 Å². The summed E-state index contributed by atoms with van der Waals surface area (Å²) in [6.07, 6.45) is 6.87. The van der Waals surface area contributed by atoms with Crippen molar-refractivity contribution in [2.24, 2.45) is 5.41 Å². The molecule has 0 radical (unpaired) electrons. The molecule has 0 aromatic carbocycles. The molecular formula is C14H21BrN2O2. The lowest BCUT2D eigenvalue weighted by Crippen LogP contribution is -2.35. The lowest BCUT2D eigenvalue weighted by Gasteiger charge is -2.36. The minimum absolute atomic E-state index is 0.263. The zero-order chi connectivity index (χ0) is 13.6. The van der Waals surface area contributed by atoms with Gasteiger partial charge in [-0.25, -0.2) is 0 Å². The summed E-state index contributed by atoms with van der Waals surface area (Å²) in [4.78, 5) is 4.06. The quantitative estimate of drug-likeness (QED) is 0.871. The molecule has 1 aliphatic heterocycles. The molecule has 106 valence electrons. The lowest BCUT2D eigenvalue weighted by atomic mass is 9.78. The summed E-state index contributed by atoms with van der Waals surface area (Å²) in [5.74, 6) is 0. The average molecular weight is 329 g/mol. The van der Waals surface area contributed by atoms with Crippen molar-refractivity contribution in [2.45, 2.75) is 19.3 Å². The Balaban J connectivity index is 1.87. The van der Waals surface area contributed by atoms with Gasteiger partial charge in [0.05, 0.1) is 16.8 Å². The van der Waals surface area contributed by atoms with Crippen LogP contribution in [0.4, 0.5) is 5.69 Å². The molecule has 4 nitrogen and oxygen atoms in total. The summed E-state index contributed by atoms with van der Waals surface area (Å²) in [5.41, 5.74) is 1.36. The molecule has 1 aromatic heterocycles. The van der Waals surface area contributed by atoms with Gasteiger partial charge in [0.2, 0.25) is 0 Å². The van der Waals surface area contributed by atoms with Crippen molar-refractivity contribution in [2.75, 3.05) is 38.8 Å². The first-order chi connectivity index (χ1) is 9.26. The molecule has 19 heavy (non-hydrogen) atoms. The van der Waals surface area contributed by atoms with E-state index in [0.717, 1.165) is 55.8 Å². The number of pyridine rings is 1. The number of anilines is 1. The zero-order valence-electron chi connectivity index (χ0n) is 11.3. The van der Waals surface area contributed by atoms with Gasteiger partial charge >= 0.3 is 0 Å². The van der Waals surface area contributed by atoms with Crippen molar-refractivity contribution >= 4 is 21.6 Å². The maximum absolute atomic E-state index is 5.46. The molecule has 0 bridgehead atoms. The van der Waals surface area contributed by atoms with Crippen molar-refractivity contribution in [1.82, 2.24) is 4.98 Å². The highest BCUT2D eigenvalue weighted by Crippen LogP contribution is 2.34. The van der Waals surface area contributed by atoms with Gasteiger partial charge in [-0.1, -0.05) is 0 Å². The fourth-order valence-corrected chi connectivity index (χ4v) is 2.95. The predicted molar refractivity (Wildman–Crippen MR) is 79.4 cm³/mol. The third kappa shape index (κ3) is 4.16. The Kier molecular flexibility index (Phi) is 5.60. The van der Waals surface area contributed by atoms with Crippen molar-refractivity contribution in [3.05, 3.63) is 22.9 Å². The van der Waals surface area contributed by atoms with Gasteiger partial charge in [-0.15, -0.1) is 0 Å². The van der Waals surface area contributed by atoms with Crippen LogP contribution in [0.5, 0.6) is 0 Å². The van der Waals surface area contributed by atoms with Crippen molar-refractivity contribution in [3.8, 4) is 0 Å². The summed E-state index contributed by atoms with van der Waals surface area (Å²) in [6, 6.07) is 1.98. The summed E-state index contributed by atoms with van der Waals surface area (Å²) in [5, 5.41) is 3.46. The van der Waals surface area contributed by atoms with E-state index < -0.39 is 0 Å². The molecule has 1 aromatic rings. The van der Waals surface area contributed by atoms with Crippen LogP contribution < -0.4 is 5.32 Å². The van der Waals surface area contributed by atoms with Crippen LogP contribution in [0.15, 0.2) is 22.9 Å². The van der Waals surface area contributed by atoms with Crippen LogP contribution in [0.25, 0.3) is 0 Å². The number of methoxy groups -OCH3 is 1. The number of rotatable bonds is 6. The summed E-state index contributed by atoms with van der Waals surface area (Å²) in [7, 11) is 1.78. The molecule has 0 saturated carbocycles. The van der Waals surface area contributed by atoms with Gasteiger partial charge in [-0.2, -0.15) is 0 Å². The van der Waals surface area contributed by atoms with Gasteiger partial charge in [0, 0.05) is 39.3 Å². The van der Waals surface area contributed by atoms with Crippen molar-refractivity contribution in [3.63, 3.8) is 0 Å². The number of aromatic nitrogens is 1. The monoisotopic (exact) mass is 328 g/mol. The van der Waals surface area contributed by atoms with Gasteiger partial charge in [0.1, 0.15) is 0 Å². The Bertz CT molecular complexity index is 389. The van der Waals surface area contributed by atoms with Crippen LogP contribution in [-0.2, 0) is 9.47 Å². The second kappa shape index (κ2) is 7.22. The van der Waals surface area contributed by atoms with Crippen LogP contribution in [0.1, 0.15) is 19.3 Å². The molecule has 0 amide bonds. The molecule has 1 aliphatic rings. The molecule has 1 saturated heterocycles. The molecule has 0 unspecified atom stereocenters. The highest BCUT2D eigenvalue weighted by Gasteiger charge is 2.32. The predicted octanol–water partition coefficient (Wildman–Crippen LogP) is 3.09. The molecule has 5 heteroatoms. The number of halogens is 1. The van der Waals surface area contributed by atoms with Crippen LogP contribution in [0.3, 0.4) is 0 Å². The first-order valence-corrected chi connectivity index (χ1v) is 7.45. The van der Waals surface area contributed by atoms with Crippen LogP contribution >= 0.6 is 15.9 Å². The minimum Gasteiger partial charge on any atom is -0.384 e. The Labute approximate surface area is 123 Å². The lowest BCUT2D eigenvalue weighted by molar-refractivity contribution is -0.0302. The second-order valence-electron chi connectivity index (χ2n) is 5.08. The second-order valence-corrected chi connectivity index (χ2v) is 5.93. The highest BCUT2D eigenvalue weighted by atomic mass is 79.9. The largest absolute Gasteiger partial charge is 0.384 e. The topological polar surface area (TPSA) is 43.4 Å². The van der Waals surface area contributed by atoms with E-state index in [2.05, 4.69) is 26.2 Å². The summed E-state index contributed by atoms with van der Waals surface area (Å²) >= 11 is 3.50. The van der Waals surface area contributed by atoms with Gasteiger partial charge in [0.25, 0.3) is 0 Å². The molecule has 2 rings (SSSR count). The SMILES string of the molecule is COCC1(CCNc2ccncc2Br)CCOCC1. The maximum atomic E-state index is 5.46. The third-order valence-electron chi connectivity index (χ3n) is 3.75. The fraction of sp³-hybridized carbons (Fsp3) is 0.643. The van der Waals surface area contributed by atoms with Gasteiger partial charge in [0.15, 0.2) is 0 Å². The molecule has 0 atom stereocenters. The smallest absolute Gasteiger partial charge is 0.0590 e. The van der Waals surface area contributed by atoms with E-state index >= 15 is 0 Å². The van der Waals surface area contributed by atoms with E-state index in [1.807, 2.05) is 12.3 Å². The van der Waals surface area contributed by atoms with Crippen molar-refractivity contribution in [1.29, 1.82) is 0 Å². The number of nitrogens with zero attached hydrogens (tertiary/aromatic N) is 1. The molecule has 1 fully saturated rings. The Morgan fingerprint density at radius 3 is 2.95 bits per heavy atom. The average Bonchev–Trinajstić information content (AvgIpc) is 2.42. The molecule has 0 aliphatic carbocycles.